The van der Waals surface area contributed by atoms with Crippen molar-refractivity contribution in [1.82, 2.24) is 10.2 Å². The van der Waals surface area contributed by atoms with Gasteiger partial charge in [0.2, 0.25) is 0 Å². The number of anilines is 1. The Morgan fingerprint density at radius 3 is 2.53 bits per heavy atom. The molecule has 4 heteroatoms. The lowest BCUT2D eigenvalue weighted by molar-refractivity contribution is 0.673. The summed E-state index contributed by atoms with van der Waals surface area (Å²) in [4.78, 5) is 2.14. The molecule has 1 aromatic carbocycles. The minimum Gasteiger partial charge on any atom is -0.351 e. The fourth-order valence-corrected chi connectivity index (χ4v) is 2.21. The van der Waals surface area contributed by atoms with Crippen LogP contribution in [0.15, 0.2) is 24.3 Å². The van der Waals surface area contributed by atoms with Crippen molar-refractivity contribution in [3.8, 4) is 6.07 Å². The van der Waals surface area contributed by atoms with Gasteiger partial charge < -0.3 is 4.90 Å². The molecule has 0 fully saturated rings. The van der Waals surface area contributed by atoms with Gasteiger partial charge in [0.25, 0.3) is 0 Å². The van der Waals surface area contributed by atoms with Crippen molar-refractivity contribution in [1.29, 1.82) is 5.26 Å². The Morgan fingerprint density at radius 1 is 1.21 bits per heavy atom. The zero-order valence-corrected chi connectivity index (χ0v) is 11.6. The maximum Gasteiger partial charge on any atom is 0.159 e. The predicted octanol–water partition coefficient (Wildman–Crippen LogP) is 3.07. The first-order chi connectivity index (χ1) is 9.15. The van der Waals surface area contributed by atoms with Gasteiger partial charge in [0, 0.05) is 23.4 Å². The van der Waals surface area contributed by atoms with Crippen LogP contribution in [0.4, 0.5) is 5.82 Å². The normalized spacial score (nSPS) is 10.7. The number of fused-ring (bicyclic) bond motifs is 1. The zero-order chi connectivity index (χ0) is 13.8. The van der Waals surface area contributed by atoms with E-state index in [4.69, 9.17) is 5.26 Å². The lowest BCUT2D eigenvalue weighted by Gasteiger charge is -2.27. The van der Waals surface area contributed by atoms with Gasteiger partial charge in [-0.15, -0.1) is 5.10 Å². The highest BCUT2D eigenvalue weighted by molar-refractivity contribution is 5.93. The number of nitriles is 1. The quantitative estimate of drug-likeness (QED) is 0.841. The van der Waals surface area contributed by atoms with Gasteiger partial charge in [0.05, 0.1) is 18.2 Å². The summed E-state index contributed by atoms with van der Waals surface area (Å²) in [5.74, 6) is 0.867. The van der Waals surface area contributed by atoms with Crippen molar-refractivity contribution in [2.24, 2.45) is 0 Å². The minimum atomic E-state index is 0.286. The van der Waals surface area contributed by atoms with Crippen molar-refractivity contribution in [2.75, 3.05) is 11.4 Å². The highest BCUT2D eigenvalue weighted by atomic mass is 15.3. The van der Waals surface area contributed by atoms with Gasteiger partial charge in [-0.1, -0.05) is 24.3 Å². The number of hydrogen-bond donors (Lipinski definition) is 0. The van der Waals surface area contributed by atoms with Crippen LogP contribution in [0.3, 0.4) is 0 Å². The molecule has 2 rings (SSSR count). The van der Waals surface area contributed by atoms with Crippen LogP contribution in [0, 0.1) is 18.3 Å². The number of benzene rings is 1. The molecule has 0 N–H and O–H groups in total. The smallest absolute Gasteiger partial charge is 0.159 e. The topological polar surface area (TPSA) is 52.8 Å². The molecule has 0 saturated carbocycles. The van der Waals surface area contributed by atoms with Gasteiger partial charge in [-0.2, -0.15) is 10.4 Å². The van der Waals surface area contributed by atoms with Gasteiger partial charge in [-0.25, -0.2) is 0 Å². The molecule has 98 valence electrons. The molecule has 0 aliphatic heterocycles. The number of hydrogen-bond acceptors (Lipinski definition) is 4. The number of nitrogens with zero attached hydrogens (tertiary/aromatic N) is 4. The average molecular weight is 254 g/mol. The third-order valence-electron chi connectivity index (χ3n) is 3.21. The maximum absolute atomic E-state index is 8.79. The molecule has 19 heavy (non-hydrogen) atoms. The molecular weight excluding hydrogens is 236 g/mol. The zero-order valence-electron chi connectivity index (χ0n) is 11.6. The van der Waals surface area contributed by atoms with Gasteiger partial charge in [-0.3, -0.25) is 0 Å². The van der Waals surface area contributed by atoms with Crippen molar-refractivity contribution < 1.29 is 0 Å². The van der Waals surface area contributed by atoms with E-state index < -0.39 is 0 Å². The Hall–Kier alpha value is -2.15. The van der Waals surface area contributed by atoms with E-state index in [1.807, 2.05) is 19.1 Å². The summed E-state index contributed by atoms with van der Waals surface area (Å²) in [5.41, 5.74) is 0.934. The van der Waals surface area contributed by atoms with Crippen LogP contribution in [0.25, 0.3) is 10.8 Å². The summed E-state index contributed by atoms with van der Waals surface area (Å²) in [6.45, 7) is 6.85. The van der Waals surface area contributed by atoms with E-state index in [2.05, 4.69) is 47.1 Å². The third kappa shape index (κ3) is 2.65. The van der Waals surface area contributed by atoms with Gasteiger partial charge in [0.1, 0.15) is 0 Å². The van der Waals surface area contributed by atoms with E-state index in [-0.39, 0.29) is 6.04 Å². The highest BCUT2D eigenvalue weighted by Gasteiger charge is 2.16. The maximum atomic E-state index is 8.79. The van der Waals surface area contributed by atoms with Gasteiger partial charge in [0.15, 0.2) is 5.82 Å². The van der Waals surface area contributed by atoms with E-state index in [0.717, 1.165) is 22.3 Å². The van der Waals surface area contributed by atoms with E-state index in [1.165, 1.54) is 0 Å². The first-order valence-electron chi connectivity index (χ1n) is 6.50. The van der Waals surface area contributed by atoms with E-state index >= 15 is 0 Å². The SMILES string of the molecule is Cc1nnc(N(CCC#N)C(C)C)c2ccccc12. The van der Waals surface area contributed by atoms with Crippen molar-refractivity contribution in [3.63, 3.8) is 0 Å². The molecule has 0 saturated heterocycles. The molecule has 0 atom stereocenters. The van der Waals surface area contributed by atoms with Crippen LogP contribution in [0.5, 0.6) is 0 Å². The molecule has 2 aromatic rings. The fourth-order valence-electron chi connectivity index (χ4n) is 2.21. The monoisotopic (exact) mass is 254 g/mol. The molecule has 1 aromatic heterocycles. The molecule has 0 aliphatic rings. The van der Waals surface area contributed by atoms with Crippen LogP contribution >= 0.6 is 0 Å². The summed E-state index contributed by atoms with van der Waals surface area (Å²) in [6.07, 6.45) is 0.488. The number of rotatable bonds is 4. The lowest BCUT2D eigenvalue weighted by Crippen LogP contribution is -2.32. The average Bonchev–Trinajstić information content (AvgIpc) is 2.41. The molecule has 0 radical (unpaired) electrons. The highest BCUT2D eigenvalue weighted by Crippen LogP contribution is 2.26. The molecule has 0 bridgehead atoms. The Kier molecular flexibility index (Phi) is 3.96. The van der Waals surface area contributed by atoms with Crippen LogP contribution in [-0.4, -0.2) is 22.8 Å². The Morgan fingerprint density at radius 2 is 1.89 bits per heavy atom. The number of aryl methyl sites for hydroxylation is 1. The molecule has 0 unspecified atom stereocenters. The van der Waals surface area contributed by atoms with Crippen LogP contribution < -0.4 is 4.90 Å². The molecular formula is C15H18N4. The third-order valence-corrected chi connectivity index (χ3v) is 3.21. The first kappa shape index (κ1) is 13.3. The molecule has 0 spiro atoms. The first-order valence-corrected chi connectivity index (χ1v) is 6.50. The Bertz CT molecular complexity index is 613. The second-order valence-corrected chi connectivity index (χ2v) is 4.85. The Labute approximate surface area is 113 Å². The van der Waals surface area contributed by atoms with Crippen molar-refractivity contribution >= 4 is 16.6 Å². The molecule has 4 nitrogen and oxygen atoms in total. The number of aromatic nitrogens is 2. The van der Waals surface area contributed by atoms with Crippen molar-refractivity contribution in [2.45, 2.75) is 33.2 Å². The van der Waals surface area contributed by atoms with E-state index in [9.17, 15) is 0 Å². The Balaban J connectivity index is 2.54. The summed E-state index contributed by atoms with van der Waals surface area (Å²) in [6, 6.07) is 10.6. The van der Waals surface area contributed by atoms with Crippen LogP contribution in [0.2, 0.25) is 0 Å². The van der Waals surface area contributed by atoms with E-state index in [0.29, 0.717) is 13.0 Å². The van der Waals surface area contributed by atoms with Crippen LogP contribution in [0.1, 0.15) is 26.0 Å². The summed E-state index contributed by atoms with van der Waals surface area (Å²) >= 11 is 0. The molecule has 0 aliphatic carbocycles. The van der Waals surface area contributed by atoms with E-state index in [1.54, 1.807) is 0 Å². The lowest BCUT2D eigenvalue weighted by atomic mass is 10.1. The fraction of sp³-hybridized carbons (Fsp3) is 0.400. The van der Waals surface area contributed by atoms with Crippen molar-refractivity contribution in [3.05, 3.63) is 30.0 Å². The molecule has 0 amide bonds. The minimum absolute atomic E-state index is 0.286. The summed E-state index contributed by atoms with van der Waals surface area (Å²) in [7, 11) is 0. The van der Waals surface area contributed by atoms with Gasteiger partial charge in [-0.05, 0) is 20.8 Å². The molecule has 1 heterocycles. The largest absolute Gasteiger partial charge is 0.351 e. The van der Waals surface area contributed by atoms with Gasteiger partial charge >= 0.3 is 0 Å². The standard InChI is InChI=1S/C15H18N4/c1-11(2)19(10-6-9-16)15-14-8-5-4-7-13(14)12(3)17-18-15/h4-5,7-8,11H,6,10H2,1-3H3. The second kappa shape index (κ2) is 5.66. The van der Waals surface area contributed by atoms with Crippen LogP contribution in [-0.2, 0) is 0 Å². The second-order valence-electron chi connectivity index (χ2n) is 4.85. The predicted molar refractivity (Wildman–Crippen MR) is 77.0 cm³/mol. The summed E-state index contributed by atoms with van der Waals surface area (Å²) in [5, 5.41) is 19.6. The summed E-state index contributed by atoms with van der Waals surface area (Å²) < 4.78 is 0.